The Bertz CT molecular complexity index is 2070. The van der Waals surface area contributed by atoms with E-state index >= 15 is 0 Å². The number of aromatic nitrogens is 6. The fourth-order valence-electron chi connectivity index (χ4n) is 6.64. The van der Waals surface area contributed by atoms with Gasteiger partial charge in [-0.1, -0.05) is 41.4 Å². The Hall–Kier alpha value is -4.82. The Balaban J connectivity index is 1.06. The lowest BCUT2D eigenvalue weighted by Crippen LogP contribution is -2.35. The number of nitrogens with one attached hydrogen (secondary N) is 4. The molecule has 264 valence electrons. The number of hydrogen-bond donors (Lipinski definition) is 4. The van der Waals surface area contributed by atoms with Crippen LogP contribution in [0.15, 0.2) is 55.0 Å². The summed E-state index contributed by atoms with van der Waals surface area (Å²) in [6, 6.07) is 11.1. The molecule has 0 radical (unpaired) electrons. The standard InChI is InChI=1S/C36H38Cl2N10O3/c1-47-29-12-15-48(14-11-21-16-41-42-17-21)20-28(29)44-34(47)35(50)45-27-5-3-4-25(31(27)37)33-32(38)24(10-13-40-33)26-8-6-22(36(46-26)51-2)18-39-19-23-7-9-30(49)43-23/h3-6,8,10,13,16-17,23,39H,7,9,11-12,14-15,18-20H2,1-2H3,(H,41,42)(H,43,49)(H,45,50). The van der Waals surface area contributed by atoms with Crippen molar-refractivity contribution in [3.05, 3.63) is 93.4 Å². The number of carbonyl (C=O) groups excluding carboxylic acids is 2. The number of anilines is 1. The van der Waals surface area contributed by atoms with Gasteiger partial charge in [0.2, 0.25) is 11.8 Å². The Morgan fingerprint density at radius 3 is 2.76 bits per heavy atom. The minimum atomic E-state index is -0.359. The molecule has 51 heavy (non-hydrogen) atoms. The van der Waals surface area contributed by atoms with Gasteiger partial charge >= 0.3 is 0 Å². The molecule has 0 aliphatic carbocycles. The molecule has 2 amide bonds. The van der Waals surface area contributed by atoms with Gasteiger partial charge in [0.05, 0.1) is 46.1 Å². The minimum absolute atomic E-state index is 0.0878. The number of aromatic amines is 1. The van der Waals surface area contributed by atoms with Crippen molar-refractivity contribution in [3.8, 4) is 28.4 Å². The molecular formula is C36H38Cl2N10O3. The first-order chi connectivity index (χ1) is 24.8. The van der Waals surface area contributed by atoms with E-state index in [0.29, 0.717) is 76.0 Å². The summed E-state index contributed by atoms with van der Waals surface area (Å²) >= 11 is 13.9. The summed E-state index contributed by atoms with van der Waals surface area (Å²) in [5.41, 5.74) is 6.67. The predicted molar refractivity (Wildman–Crippen MR) is 195 cm³/mol. The molecule has 1 fully saturated rings. The molecule has 5 aromatic rings. The highest BCUT2D eigenvalue weighted by molar-refractivity contribution is 6.39. The Morgan fingerprint density at radius 1 is 1.10 bits per heavy atom. The molecule has 7 rings (SSSR count). The van der Waals surface area contributed by atoms with Crippen LogP contribution >= 0.6 is 23.2 Å². The van der Waals surface area contributed by atoms with Crippen LogP contribution < -0.4 is 20.7 Å². The number of rotatable bonds is 12. The number of fused-ring (bicyclic) bond motifs is 1. The van der Waals surface area contributed by atoms with Gasteiger partial charge in [0.1, 0.15) is 0 Å². The molecule has 0 saturated carbocycles. The number of nitrogens with zero attached hydrogens (tertiary/aromatic N) is 6. The molecule has 1 atom stereocenters. The Labute approximate surface area is 305 Å². The van der Waals surface area contributed by atoms with Gasteiger partial charge in [0.25, 0.3) is 5.91 Å². The van der Waals surface area contributed by atoms with E-state index in [1.165, 1.54) is 0 Å². The molecule has 2 aliphatic heterocycles. The van der Waals surface area contributed by atoms with Crippen LogP contribution in [-0.2, 0) is 37.8 Å². The zero-order valence-electron chi connectivity index (χ0n) is 28.3. The van der Waals surface area contributed by atoms with Gasteiger partial charge in [-0.05, 0) is 36.6 Å². The Morgan fingerprint density at radius 2 is 1.98 bits per heavy atom. The highest BCUT2D eigenvalue weighted by Gasteiger charge is 2.26. The van der Waals surface area contributed by atoms with Crippen LogP contribution in [0.3, 0.4) is 0 Å². The number of methoxy groups -OCH3 is 1. The second-order valence-corrected chi connectivity index (χ2v) is 13.5. The summed E-state index contributed by atoms with van der Waals surface area (Å²) in [6.45, 7) is 3.63. The number of H-pyrrole nitrogens is 1. The summed E-state index contributed by atoms with van der Waals surface area (Å²) in [4.78, 5) is 41.5. The van der Waals surface area contributed by atoms with Crippen LogP contribution in [-0.4, -0.2) is 79.2 Å². The molecule has 13 nitrogen and oxygen atoms in total. The lowest BCUT2D eigenvalue weighted by Gasteiger charge is -2.26. The number of imidazole rings is 1. The van der Waals surface area contributed by atoms with Crippen LogP contribution in [0.5, 0.6) is 5.88 Å². The van der Waals surface area contributed by atoms with Crippen LogP contribution in [0.25, 0.3) is 22.5 Å². The summed E-state index contributed by atoms with van der Waals surface area (Å²) in [5, 5.41) is 16.8. The van der Waals surface area contributed by atoms with Crippen molar-refractivity contribution in [1.29, 1.82) is 0 Å². The lowest BCUT2D eigenvalue weighted by molar-refractivity contribution is -0.119. The van der Waals surface area contributed by atoms with E-state index in [1.54, 1.807) is 31.5 Å². The van der Waals surface area contributed by atoms with Crippen molar-refractivity contribution in [1.82, 2.24) is 45.2 Å². The largest absolute Gasteiger partial charge is 0.481 e. The molecule has 1 unspecified atom stereocenters. The summed E-state index contributed by atoms with van der Waals surface area (Å²) in [6.07, 6.45) is 8.48. The summed E-state index contributed by atoms with van der Waals surface area (Å²) in [7, 11) is 3.45. The van der Waals surface area contributed by atoms with Gasteiger partial charge in [0, 0.05) is 93.4 Å². The molecular weight excluding hydrogens is 691 g/mol. The summed E-state index contributed by atoms with van der Waals surface area (Å²) in [5.74, 6) is 0.512. The van der Waals surface area contributed by atoms with E-state index in [0.717, 1.165) is 54.9 Å². The van der Waals surface area contributed by atoms with Gasteiger partial charge in [-0.15, -0.1) is 0 Å². The number of carbonyl (C=O) groups is 2. The van der Waals surface area contributed by atoms with Gasteiger partial charge in [-0.2, -0.15) is 5.10 Å². The number of amides is 2. The van der Waals surface area contributed by atoms with E-state index in [4.69, 9.17) is 37.9 Å². The molecule has 4 aromatic heterocycles. The molecule has 0 bridgehead atoms. The Kier molecular flexibility index (Phi) is 10.3. The zero-order chi connectivity index (χ0) is 35.5. The molecule has 1 aromatic carbocycles. The van der Waals surface area contributed by atoms with Crippen molar-refractivity contribution >= 4 is 40.7 Å². The van der Waals surface area contributed by atoms with Crippen LogP contribution in [0, 0.1) is 0 Å². The predicted octanol–water partition coefficient (Wildman–Crippen LogP) is 4.80. The third-order valence-corrected chi connectivity index (χ3v) is 10.2. The molecule has 0 spiro atoms. The fourth-order valence-corrected chi connectivity index (χ4v) is 7.21. The maximum Gasteiger partial charge on any atom is 0.291 e. The number of hydrogen-bond acceptors (Lipinski definition) is 9. The van der Waals surface area contributed by atoms with Crippen molar-refractivity contribution in [2.75, 3.05) is 32.1 Å². The van der Waals surface area contributed by atoms with Crippen molar-refractivity contribution < 1.29 is 14.3 Å². The second-order valence-electron chi connectivity index (χ2n) is 12.7. The first-order valence-electron chi connectivity index (χ1n) is 16.8. The quantitative estimate of drug-likeness (QED) is 0.142. The molecule has 6 heterocycles. The normalized spacial score (nSPS) is 15.8. The van der Waals surface area contributed by atoms with Crippen LogP contribution in [0.2, 0.25) is 10.0 Å². The lowest BCUT2D eigenvalue weighted by atomic mass is 10.1. The van der Waals surface area contributed by atoms with Crippen molar-refractivity contribution in [3.63, 3.8) is 0 Å². The number of halogens is 2. The maximum atomic E-state index is 13.6. The van der Waals surface area contributed by atoms with E-state index in [2.05, 4.69) is 36.0 Å². The smallest absolute Gasteiger partial charge is 0.291 e. The van der Waals surface area contributed by atoms with E-state index in [-0.39, 0.29) is 17.9 Å². The maximum absolute atomic E-state index is 13.6. The number of ether oxygens (including phenoxy) is 1. The first kappa shape index (κ1) is 34.6. The van der Waals surface area contributed by atoms with E-state index in [1.807, 2.05) is 42.2 Å². The SMILES string of the molecule is COc1nc(-c2ccnc(-c3cccc(NC(=O)c4nc5c(n4C)CCN(CCc4cn[nH]c4)C5)c3Cl)c2Cl)ccc1CNCC1CCC(=O)N1. The average Bonchev–Trinajstić information content (AvgIpc) is 3.89. The third kappa shape index (κ3) is 7.47. The highest BCUT2D eigenvalue weighted by Crippen LogP contribution is 2.40. The van der Waals surface area contributed by atoms with Crippen LogP contribution in [0.4, 0.5) is 5.69 Å². The zero-order valence-corrected chi connectivity index (χ0v) is 29.8. The summed E-state index contributed by atoms with van der Waals surface area (Å²) < 4.78 is 7.49. The van der Waals surface area contributed by atoms with E-state index in [9.17, 15) is 9.59 Å². The molecule has 1 saturated heterocycles. The number of pyridine rings is 2. The van der Waals surface area contributed by atoms with Crippen LogP contribution in [0.1, 0.15) is 46.0 Å². The van der Waals surface area contributed by atoms with Gasteiger partial charge in [-0.25, -0.2) is 9.97 Å². The highest BCUT2D eigenvalue weighted by atomic mass is 35.5. The third-order valence-electron chi connectivity index (χ3n) is 9.40. The minimum Gasteiger partial charge on any atom is -0.481 e. The van der Waals surface area contributed by atoms with Crippen molar-refractivity contribution in [2.45, 2.75) is 44.8 Å². The van der Waals surface area contributed by atoms with Gasteiger partial charge in [0.15, 0.2) is 5.82 Å². The molecule has 4 N–H and O–H groups in total. The molecule has 15 heteroatoms. The number of benzene rings is 1. The topological polar surface area (TPSA) is 155 Å². The average molecular weight is 730 g/mol. The van der Waals surface area contributed by atoms with Gasteiger partial charge < -0.3 is 25.3 Å². The monoisotopic (exact) mass is 728 g/mol. The molecule has 2 aliphatic rings. The second kappa shape index (κ2) is 15.2. The van der Waals surface area contributed by atoms with Gasteiger partial charge in [-0.3, -0.25) is 24.6 Å². The van der Waals surface area contributed by atoms with Crippen molar-refractivity contribution in [2.24, 2.45) is 7.05 Å². The fraction of sp³-hybridized carbons (Fsp3) is 0.333. The first-order valence-corrected chi connectivity index (χ1v) is 17.6. The van der Waals surface area contributed by atoms with E-state index < -0.39 is 0 Å².